The predicted molar refractivity (Wildman–Crippen MR) is 66.2 cm³/mol. The average molecular weight is 233 g/mol. The van der Waals surface area contributed by atoms with Gasteiger partial charge in [0.2, 0.25) is 0 Å². The van der Waals surface area contributed by atoms with Gasteiger partial charge in [0.05, 0.1) is 11.9 Å². The zero-order chi connectivity index (χ0) is 12.3. The molecule has 0 aliphatic carbocycles. The van der Waals surface area contributed by atoms with Gasteiger partial charge in [-0.25, -0.2) is 9.36 Å². The Morgan fingerprint density at radius 1 is 1.18 bits per heavy atom. The Morgan fingerprint density at radius 3 is 2.65 bits per heavy atom. The molecule has 0 amide bonds. The number of aryl methyl sites for hydroxylation is 3. The van der Waals surface area contributed by atoms with Gasteiger partial charge in [0.25, 0.3) is 0 Å². The van der Waals surface area contributed by atoms with Crippen LogP contribution in [0, 0.1) is 0 Å². The van der Waals surface area contributed by atoms with Gasteiger partial charge >= 0.3 is 0 Å². The summed E-state index contributed by atoms with van der Waals surface area (Å²) in [6.07, 6.45) is 4.74. The van der Waals surface area contributed by atoms with E-state index in [2.05, 4.69) is 42.2 Å². The minimum atomic E-state index is 0.875. The lowest BCUT2D eigenvalue weighted by Gasteiger charge is -2.07. The smallest absolute Gasteiger partial charge is 0.172 e. The second kappa shape index (κ2) is 5.12. The molecule has 0 atom stereocenters. The van der Waals surface area contributed by atoms with Crippen LogP contribution in [-0.4, -0.2) is 24.8 Å². The maximum absolute atomic E-state index is 4.60. The molecule has 0 radical (unpaired) electrons. The van der Waals surface area contributed by atoms with Crippen molar-refractivity contribution in [2.75, 3.05) is 0 Å². The molecule has 0 unspecified atom stereocenters. The molecule has 5 nitrogen and oxygen atoms in total. The molecular weight excluding hydrogens is 214 g/mol. The molecule has 0 spiro atoms. The van der Waals surface area contributed by atoms with Crippen LogP contribution in [0.15, 0.2) is 12.3 Å². The van der Waals surface area contributed by atoms with E-state index < -0.39 is 0 Å². The molecular formula is C12H19N5. The molecule has 0 N–H and O–H groups in total. The first-order valence-corrected chi connectivity index (χ1v) is 6.26. The Labute approximate surface area is 101 Å². The van der Waals surface area contributed by atoms with E-state index >= 15 is 0 Å². The van der Waals surface area contributed by atoms with Gasteiger partial charge < -0.3 is 0 Å². The van der Waals surface area contributed by atoms with Crippen LogP contribution in [0.3, 0.4) is 0 Å². The van der Waals surface area contributed by atoms with Crippen LogP contribution in [0.5, 0.6) is 0 Å². The summed E-state index contributed by atoms with van der Waals surface area (Å²) < 4.78 is 3.88. The van der Waals surface area contributed by atoms with Crippen molar-refractivity contribution in [3.05, 3.63) is 23.7 Å². The molecule has 2 aromatic heterocycles. The highest BCUT2D eigenvalue weighted by atomic mass is 15.5. The molecule has 2 heterocycles. The first-order chi connectivity index (χ1) is 8.30. The Hall–Kier alpha value is -1.65. The molecule has 0 aliphatic rings. The first kappa shape index (κ1) is 11.8. The van der Waals surface area contributed by atoms with Crippen LogP contribution in [0.2, 0.25) is 0 Å². The van der Waals surface area contributed by atoms with Gasteiger partial charge in [-0.2, -0.15) is 5.10 Å². The van der Waals surface area contributed by atoms with E-state index in [4.69, 9.17) is 0 Å². The van der Waals surface area contributed by atoms with Crippen LogP contribution in [-0.2, 0) is 19.4 Å². The summed E-state index contributed by atoms with van der Waals surface area (Å²) in [7, 11) is 0. The van der Waals surface area contributed by atoms with E-state index in [9.17, 15) is 0 Å². The standard InChI is InChI=1S/C12H19N5/c1-4-7-16-12(9-13-15-16)17-11(6-3)8-10(5-2)14-17/h8-9H,4-7H2,1-3H3. The van der Waals surface area contributed by atoms with Crippen molar-refractivity contribution in [2.45, 2.75) is 46.6 Å². The lowest BCUT2D eigenvalue weighted by molar-refractivity contribution is 0.554. The molecule has 0 aromatic carbocycles. The average Bonchev–Trinajstić information content (AvgIpc) is 2.94. The zero-order valence-electron chi connectivity index (χ0n) is 10.7. The zero-order valence-corrected chi connectivity index (χ0v) is 10.7. The lowest BCUT2D eigenvalue weighted by Crippen LogP contribution is -2.10. The minimum absolute atomic E-state index is 0.875. The summed E-state index contributed by atoms with van der Waals surface area (Å²) in [5.41, 5.74) is 2.33. The Balaban J connectivity index is 2.43. The topological polar surface area (TPSA) is 48.5 Å². The number of nitrogens with zero attached hydrogens (tertiary/aromatic N) is 5. The van der Waals surface area contributed by atoms with Crippen LogP contribution in [0.1, 0.15) is 38.6 Å². The van der Waals surface area contributed by atoms with Crippen LogP contribution >= 0.6 is 0 Å². The van der Waals surface area contributed by atoms with Crippen molar-refractivity contribution >= 4 is 0 Å². The molecule has 0 aliphatic heterocycles. The summed E-state index contributed by atoms with van der Waals surface area (Å²) in [4.78, 5) is 0. The molecule has 5 heteroatoms. The van der Waals surface area contributed by atoms with Gasteiger partial charge in [0.1, 0.15) is 0 Å². The normalized spacial score (nSPS) is 11.0. The fraction of sp³-hybridized carbons (Fsp3) is 0.583. The van der Waals surface area contributed by atoms with Gasteiger partial charge in [-0.05, 0) is 25.3 Å². The van der Waals surface area contributed by atoms with Crippen molar-refractivity contribution < 1.29 is 0 Å². The maximum Gasteiger partial charge on any atom is 0.172 e. The van der Waals surface area contributed by atoms with Crippen LogP contribution < -0.4 is 0 Å². The van der Waals surface area contributed by atoms with Gasteiger partial charge in [0.15, 0.2) is 5.82 Å². The predicted octanol–water partition coefficient (Wildman–Crippen LogP) is 2.00. The second-order valence-corrected chi connectivity index (χ2v) is 4.06. The van der Waals surface area contributed by atoms with Crippen molar-refractivity contribution in [3.8, 4) is 5.82 Å². The summed E-state index contributed by atoms with van der Waals surface area (Å²) in [5, 5.41) is 12.7. The summed E-state index contributed by atoms with van der Waals surface area (Å²) >= 11 is 0. The summed E-state index contributed by atoms with van der Waals surface area (Å²) in [5.74, 6) is 0.961. The highest BCUT2D eigenvalue weighted by molar-refractivity contribution is 5.24. The molecule has 0 saturated carbocycles. The number of rotatable bonds is 5. The third-order valence-corrected chi connectivity index (χ3v) is 2.81. The number of hydrogen-bond donors (Lipinski definition) is 0. The monoisotopic (exact) mass is 233 g/mol. The van der Waals surface area contributed by atoms with Gasteiger partial charge in [-0.3, -0.25) is 0 Å². The van der Waals surface area contributed by atoms with E-state index in [0.29, 0.717) is 0 Å². The first-order valence-electron chi connectivity index (χ1n) is 6.26. The van der Waals surface area contributed by atoms with Crippen molar-refractivity contribution in [2.24, 2.45) is 0 Å². The van der Waals surface area contributed by atoms with E-state index in [1.54, 1.807) is 6.20 Å². The van der Waals surface area contributed by atoms with Gasteiger partial charge in [0, 0.05) is 12.2 Å². The molecule has 92 valence electrons. The fourth-order valence-electron chi connectivity index (χ4n) is 1.89. The van der Waals surface area contributed by atoms with Crippen molar-refractivity contribution in [1.82, 2.24) is 24.8 Å². The SMILES string of the molecule is CCCn1nncc1-n1nc(CC)cc1CC. The summed E-state index contributed by atoms with van der Waals surface area (Å²) in [6, 6.07) is 2.16. The Bertz CT molecular complexity index is 483. The third kappa shape index (κ3) is 2.23. The van der Waals surface area contributed by atoms with E-state index in [1.165, 1.54) is 5.69 Å². The largest absolute Gasteiger partial charge is 0.228 e. The highest BCUT2D eigenvalue weighted by Crippen LogP contribution is 2.13. The molecule has 0 fully saturated rings. The van der Waals surface area contributed by atoms with E-state index in [1.807, 2.05) is 9.36 Å². The summed E-state index contributed by atoms with van der Waals surface area (Å²) in [6.45, 7) is 7.27. The molecule has 2 aromatic rings. The van der Waals surface area contributed by atoms with Crippen molar-refractivity contribution in [1.29, 1.82) is 0 Å². The molecule has 0 saturated heterocycles. The lowest BCUT2D eigenvalue weighted by atomic mass is 10.3. The van der Waals surface area contributed by atoms with Crippen molar-refractivity contribution in [3.63, 3.8) is 0 Å². The Kier molecular flexibility index (Phi) is 3.56. The van der Waals surface area contributed by atoms with E-state index in [0.717, 1.165) is 37.3 Å². The van der Waals surface area contributed by atoms with Gasteiger partial charge in [-0.15, -0.1) is 5.10 Å². The second-order valence-electron chi connectivity index (χ2n) is 4.06. The van der Waals surface area contributed by atoms with Crippen LogP contribution in [0.25, 0.3) is 5.82 Å². The number of aromatic nitrogens is 5. The number of hydrogen-bond acceptors (Lipinski definition) is 3. The quantitative estimate of drug-likeness (QED) is 0.793. The third-order valence-electron chi connectivity index (χ3n) is 2.81. The van der Waals surface area contributed by atoms with E-state index in [-0.39, 0.29) is 0 Å². The maximum atomic E-state index is 4.60. The van der Waals surface area contributed by atoms with Crippen LogP contribution in [0.4, 0.5) is 0 Å². The molecule has 17 heavy (non-hydrogen) atoms. The molecule has 0 bridgehead atoms. The fourth-order valence-corrected chi connectivity index (χ4v) is 1.89. The minimum Gasteiger partial charge on any atom is -0.228 e. The van der Waals surface area contributed by atoms with Gasteiger partial charge in [-0.1, -0.05) is 26.0 Å². The highest BCUT2D eigenvalue weighted by Gasteiger charge is 2.11. The molecule has 2 rings (SSSR count). The Morgan fingerprint density at radius 2 is 2.00 bits per heavy atom.